The summed E-state index contributed by atoms with van der Waals surface area (Å²) in [6, 6.07) is 19.4. The molecule has 0 fully saturated rings. The molecule has 4 aromatic rings. The van der Waals surface area contributed by atoms with E-state index in [2.05, 4.69) is 10.3 Å². The molecule has 0 aliphatic rings. The number of fused-ring (bicyclic) bond motifs is 1. The molecule has 1 amide bonds. The summed E-state index contributed by atoms with van der Waals surface area (Å²) in [6.07, 6.45) is 0.0413. The molecular weight excluding hydrogens is 428 g/mol. The van der Waals surface area contributed by atoms with E-state index in [1.165, 1.54) is 0 Å². The Kier molecular flexibility index (Phi) is 6.14. The normalized spacial score (nSPS) is 10.7. The third-order valence-corrected chi connectivity index (χ3v) is 5.36. The number of hydrogen-bond donors (Lipinski definition) is 2. The van der Waals surface area contributed by atoms with Gasteiger partial charge in [-0.15, -0.1) is 0 Å². The lowest BCUT2D eigenvalue weighted by Gasteiger charge is -2.11. The topological polar surface area (TPSA) is 80.4 Å². The first-order valence-electron chi connectivity index (χ1n) is 9.92. The molecule has 0 spiro atoms. The number of ether oxygens (including phenoxy) is 2. The van der Waals surface area contributed by atoms with Crippen molar-refractivity contribution in [2.24, 2.45) is 0 Å². The number of rotatable bonds is 7. The molecule has 0 saturated carbocycles. The van der Waals surface area contributed by atoms with E-state index in [0.717, 1.165) is 0 Å². The monoisotopic (exact) mass is 448 g/mol. The van der Waals surface area contributed by atoms with Gasteiger partial charge in [0.15, 0.2) is 0 Å². The molecule has 2 N–H and O–H groups in total. The van der Waals surface area contributed by atoms with Crippen LogP contribution in [0.4, 0.5) is 5.69 Å². The zero-order valence-electron chi connectivity index (χ0n) is 17.6. The Bertz CT molecular complexity index is 1300. The number of methoxy groups -OCH3 is 2. The summed E-state index contributed by atoms with van der Waals surface area (Å²) in [7, 11) is 3.10. The Hall–Kier alpha value is -3.77. The summed E-state index contributed by atoms with van der Waals surface area (Å²) >= 11 is 6.13. The Labute approximate surface area is 190 Å². The molecular formula is C25H21ClN2O4. The van der Waals surface area contributed by atoms with Gasteiger partial charge >= 0.3 is 0 Å². The minimum atomic E-state index is -0.297. The number of halogens is 1. The highest BCUT2D eigenvalue weighted by atomic mass is 35.5. The van der Waals surface area contributed by atoms with Crippen LogP contribution in [-0.4, -0.2) is 30.9 Å². The van der Waals surface area contributed by atoms with Crippen LogP contribution in [0.3, 0.4) is 0 Å². The SMILES string of the molecule is COc1ccc(OC)c(CC(=O)Nc2c(C(=O)c3ccccc3)[nH]c3cc(Cl)ccc23)c1. The summed E-state index contributed by atoms with van der Waals surface area (Å²) in [5.74, 6) is 0.671. The highest BCUT2D eigenvalue weighted by molar-refractivity contribution is 6.31. The third kappa shape index (κ3) is 4.31. The van der Waals surface area contributed by atoms with E-state index in [1.807, 2.05) is 6.07 Å². The second-order valence-electron chi connectivity index (χ2n) is 7.16. The van der Waals surface area contributed by atoms with Gasteiger partial charge in [0.05, 0.1) is 26.3 Å². The van der Waals surface area contributed by atoms with Crippen LogP contribution in [0.5, 0.6) is 11.5 Å². The molecule has 7 heteroatoms. The molecule has 4 rings (SSSR count). The maximum Gasteiger partial charge on any atom is 0.229 e. The molecule has 0 radical (unpaired) electrons. The van der Waals surface area contributed by atoms with Gasteiger partial charge in [-0.1, -0.05) is 41.9 Å². The van der Waals surface area contributed by atoms with E-state index >= 15 is 0 Å². The van der Waals surface area contributed by atoms with Crippen LogP contribution in [0, 0.1) is 0 Å². The van der Waals surface area contributed by atoms with E-state index in [9.17, 15) is 9.59 Å². The van der Waals surface area contributed by atoms with E-state index in [0.29, 0.717) is 49.9 Å². The van der Waals surface area contributed by atoms with Crippen molar-refractivity contribution in [2.75, 3.05) is 19.5 Å². The number of anilines is 1. The number of carbonyl (C=O) groups excluding carboxylic acids is 2. The number of hydrogen-bond acceptors (Lipinski definition) is 4. The van der Waals surface area contributed by atoms with E-state index in [-0.39, 0.29) is 18.1 Å². The lowest BCUT2D eigenvalue weighted by Crippen LogP contribution is -2.17. The molecule has 1 heterocycles. The van der Waals surface area contributed by atoms with Crippen molar-refractivity contribution >= 4 is 39.9 Å². The summed E-state index contributed by atoms with van der Waals surface area (Å²) in [6.45, 7) is 0. The molecule has 0 saturated heterocycles. The predicted octanol–water partition coefficient (Wildman–Crippen LogP) is 5.25. The van der Waals surface area contributed by atoms with Gasteiger partial charge < -0.3 is 19.8 Å². The van der Waals surface area contributed by atoms with Crippen LogP contribution in [0.2, 0.25) is 5.02 Å². The van der Waals surface area contributed by atoms with Gasteiger partial charge in [0, 0.05) is 27.1 Å². The lowest BCUT2D eigenvalue weighted by atomic mass is 10.1. The Morgan fingerprint density at radius 3 is 2.47 bits per heavy atom. The van der Waals surface area contributed by atoms with Crippen molar-refractivity contribution < 1.29 is 19.1 Å². The zero-order chi connectivity index (χ0) is 22.7. The first-order valence-corrected chi connectivity index (χ1v) is 10.3. The Balaban J connectivity index is 1.71. The predicted molar refractivity (Wildman–Crippen MR) is 125 cm³/mol. The summed E-state index contributed by atoms with van der Waals surface area (Å²) in [4.78, 5) is 29.3. The van der Waals surface area contributed by atoms with Crippen molar-refractivity contribution in [1.29, 1.82) is 0 Å². The minimum Gasteiger partial charge on any atom is -0.497 e. The van der Waals surface area contributed by atoms with Gasteiger partial charge in [-0.2, -0.15) is 0 Å². The van der Waals surface area contributed by atoms with Gasteiger partial charge in [-0.25, -0.2) is 0 Å². The molecule has 0 atom stereocenters. The maximum absolute atomic E-state index is 13.2. The standard InChI is InChI=1S/C25H21ClN2O4/c1-31-18-9-11-21(32-2)16(12-18)13-22(29)28-23-19-10-8-17(26)14-20(19)27-24(23)25(30)15-6-4-3-5-7-15/h3-12,14,27H,13H2,1-2H3,(H,28,29). The Morgan fingerprint density at radius 1 is 0.969 bits per heavy atom. The minimum absolute atomic E-state index is 0.0413. The van der Waals surface area contributed by atoms with Crippen molar-refractivity contribution in [2.45, 2.75) is 6.42 Å². The number of nitrogens with one attached hydrogen (secondary N) is 2. The van der Waals surface area contributed by atoms with E-state index in [1.54, 1.807) is 74.9 Å². The lowest BCUT2D eigenvalue weighted by molar-refractivity contribution is -0.115. The second kappa shape index (κ2) is 9.16. The van der Waals surface area contributed by atoms with Gasteiger partial charge in [-0.05, 0) is 36.4 Å². The van der Waals surface area contributed by atoms with Crippen LogP contribution < -0.4 is 14.8 Å². The van der Waals surface area contributed by atoms with E-state index in [4.69, 9.17) is 21.1 Å². The van der Waals surface area contributed by atoms with Crippen LogP contribution in [0.15, 0.2) is 66.7 Å². The first-order chi connectivity index (χ1) is 15.5. The number of amides is 1. The number of carbonyl (C=O) groups is 2. The number of ketones is 1. The molecule has 32 heavy (non-hydrogen) atoms. The number of aromatic nitrogens is 1. The average molecular weight is 449 g/mol. The fraction of sp³-hybridized carbons (Fsp3) is 0.120. The highest BCUT2D eigenvalue weighted by Gasteiger charge is 2.21. The summed E-state index contributed by atoms with van der Waals surface area (Å²) < 4.78 is 10.6. The van der Waals surface area contributed by atoms with Crippen LogP contribution >= 0.6 is 11.6 Å². The highest BCUT2D eigenvalue weighted by Crippen LogP contribution is 2.32. The Morgan fingerprint density at radius 2 is 1.75 bits per heavy atom. The number of H-pyrrole nitrogens is 1. The zero-order valence-corrected chi connectivity index (χ0v) is 18.3. The number of aromatic amines is 1. The molecule has 0 aliphatic heterocycles. The molecule has 0 bridgehead atoms. The molecule has 162 valence electrons. The summed E-state index contributed by atoms with van der Waals surface area (Å²) in [5, 5.41) is 4.13. The quantitative estimate of drug-likeness (QED) is 0.378. The van der Waals surface area contributed by atoms with Gasteiger partial charge in [0.1, 0.15) is 17.2 Å². The van der Waals surface area contributed by atoms with Crippen LogP contribution in [0.25, 0.3) is 10.9 Å². The van der Waals surface area contributed by atoms with Crippen LogP contribution in [0.1, 0.15) is 21.6 Å². The van der Waals surface area contributed by atoms with Gasteiger partial charge in [0.2, 0.25) is 11.7 Å². The van der Waals surface area contributed by atoms with E-state index < -0.39 is 0 Å². The second-order valence-corrected chi connectivity index (χ2v) is 7.60. The molecule has 6 nitrogen and oxygen atoms in total. The first kappa shape index (κ1) is 21.5. The molecule has 0 aliphatic carbocycles. The smallest absolute Gasteiger partial charge is 0.229 e. The van der Waals surface area contributed by atoms with Crippen molar-refractivity contribution in [3.63, 3.8) is 0 Å². The third-order valence-electron chi connectivity index (χ3n) is 5.13. The maximum atomic E-state index is 13.2. The summed E-state index contributed by atoms with van der Waals surface area (Å²) in [5.41, 5.74) is 2.54. The van der Waals surface area contributed by atoms with Crippen molar-refractivity contribution in [3.05, 3.63) is 88.6 Å². The van der Waals surface area contributed by atoms with Crippen molar-refractivity contribution in [3.8, 4) is 11.5 Å². The van der Waals surface area contributed by atoms with Gasteiger partial charge in [-0.3, -0.25) is 9.59 Å². The van der Waals surface area contributed by atoms with Gasteiger partial charge in [0.25, 0.3) is 0 Å². The fourth-order valence-electron chi connectivity index (χ4n) is 3.58. The fourth-order valence-corrected chi connectivity index (χ4v) is 3.75. The number of benzene rings is 3. The molecule has 1 aromatic heterocycles. The average Bonchev–Trinajstić information content (AvgIpc) is 3.16. The molecule has 0 unspecified atom stereocenters. The van der Waals surface area contributed by atoms with Crippen molar-refractivity contribution in [1.82, 2.24) is 4.98 Å². The van der Waals surface area contributed by atoms with Crippen LogP contribution in [-0.2, 0) is 11.2 Å². The molecule has 3 aromatic carbocycles. The largest absolute Gasteiger partial charge is 0.497 e.